The number of hydrogen-bond donors (Lipinski definition) is 2. The minimum absolute atomic E-state index is 0.00637. The highest BCUT2D eigenvalue weighted by Crippen LogP contribution is 2.13. The summed E-state index contributed by atoms with van der Waals surface area (Å²) in [5, 5.41) is 4.86. The number of carbonyl (C=O) groups is 2. The van der Waals surface area contributed by atoms with E-state index in [1.807, 2.05) is 0 Å². The Morgan fingerprint density at radius 3 is 3.06 bits per heavy atom. The first-order valence-electron chi connectivity index (χ1n) is 5.32. The van der Waals surface area contributed by atoms with Gasteiger partial charge in [0, 0.05) is 31.4 Å². The Labute approximate surface area is 103 Å². The molecule has 0 spiro atoms. The lowest BCUT2D eigenvalue weighted by Gasteiger charge is -2.29. The van der Waals surface area contributed by atoms with Crippen molar-refractivity contribution in [3.8, 4) is 0 Å². The number of nitrogen functional groups attached to an aromatic ring is 1. The van der Waals surface area contributed by atoms with Crippen LogP contribution in [-0.4, -0.2) is 41.3 Å². The van der Waals surface area contributed by atoms with E-state index < -0.39 is 0 Å². The van der Waals surface area contributed by atoms with Crippen molar-refractivity contribution in [3.63, 3.8) is 0 Å². The molecule has 1 atom stereocenters. The van der Waals surface area contributed by atoms with Crippen LogP contribution in [0.1, 0.15) is 23.3 Å². The second-order valence-electron chi connectivity index (χ2n) is 4.05. The summed E-state index contributed by atoms with van der Waals surface area (Å²) in [5.41, 5.74) is 5.80. The summed E-state index contributed by atoms with van der Waals surface area (Å²) in [6, 6.07) is -0.00637. The molecular weight excluding hydrogens is 240 g/mol. The maximum Gasteiger partial charge on any atom is 0.271 e. The summed E-state index contributed by atoms with van der Waals surface area (Å²) in [6.45, 7) is 0.546. The van der Waals surface area contributed by atoms with Gasteiger partial charge < -0.3 is 16.0 Å². The van der Waals surface area contributed by atoms with Crippen molar-refractivity contribution in [1.82, 2.24) is 15.2 Å². The summed E-state index contributed by atoms with van der Waals surface area (Å²) in [5.74, 6) is -0.112. The number of thiazole rings is 1. The van der Waals surface area contributed by atoms with Gasteiger partial charge in [0.2, 0.25) is 5.91 Å². The molecule has 17 heavy (non-hydrogen) atoms. The number of aromatic nitrogens is 1. The molecule has 1 saturated heterocycles. The van der Waals surface area contributed by atoms with E-state index in [0.29, 0.717) is 30.2 Å². The zero-order valence-corrected chi connectivity index (χ0v) is 10.3. The largest absolute Gasteiger partial charge is 0.375 e. The summed E-state index contributed by atoms with van der Waals surface area (Å²) in [4.78, 5) is 28.6. The van der Waals surface area contributed by atoms with Gasteiger partial charge in [0.1, 0.15) is 5.69 Å². The number of nitrogens with one attached hydrogen (secondary N) is 1. The van der Waals surface area contributed by atoms with Crippen molar-refractivity contribution >= 4 is 28.3 Å². The van der Waals surface area contributed by atoms with Gasteiger partial charge in [-0.3, -0.25) is 9.59 Å². The van der Waals surface area contributed by atoms with Crippen LogP contribution in [0.4, 0.5) is 5.13 Å². The molecule has 3 N–H and O–H groups in total. The molecule has 2 amide bonds. The Morgan fingerprint density at radius 2 is 2.47 bits per heavy atom. The molecule has 1 aromatic rings. The van der Waals surface area contributed by atoms with Gasteiger partial charge in [-0.15, -0.1) is 11.3 Å². The van der Waals surface area contributed by atoms with Crippen LogP contribution in [0, 0.1) is 0 Å². The highest BCUT2D eigenvalue weighted by atomic mass is 32.1. The van der Waals surface area contributed by atoms with Crippen molar-refractivity contribution < 1.29 is 9.59 Å². The zero-order chi connectivity index (χ0) is 12.4. The fraction of sp³-hybridized carbons (Fsp3) is 0.500. The number of likely N-dealkylation sites (tertiary alicyclic amines) is 1. The molecule has 1 fully saturated rings. The highest BCUT2D eigenvalue weighted by Gasteiger charge is 2.24. The van der Waals surface area contributed by atoms with E-state index in [1.54, 1.807) is 17.3 Å². The van der Waals surface area contributed by atoms with Crippen LogP contribution in [-0.2, 0) is 4.79 Å². The first-order chi connectivity index (χ1) is 8.06. The molecular formula is C10H14N4O2S. The lowest BCUT2D eigenvalue weighted by molar-refractivity contribution is -0.132. The van der Waals surface area contributed by atoms with Gasteiger partial charge >= 0.3 is 0 Å². The van der Waals surface area contributed by atoms with Gasteiger partial charge in [-0.1, -0.05) is 0 Å². The third-order valence-corrected chi connectivity index (χ3v) is 3.39. The summed E-state index contributed by atoms with van der Waals surface area (Å²) < 4.78 is 0. The number of amides is 2. The predicted molar refractivity (Wildman–Crippen MR) is 64.7 cm³/mol. The lowest BCUT2D eigenvalue weighted by atomic mass is 10.1. The fourth-order valence-electron chi connectivity index (χ4n) is 1.78. The number of carbonyl (C=O) groups excluding carboxylic acids is 2. The number of hydrogen-bond acceptors (Lipinski definition) is 5. The third kappa shape index (κ3) is 2.73. The Hall–Kier alpha value is -1.63. The SMILES string of the molecule is CN1CC(NC(=O)c2csc(N)n2)CCC1=O. The van der Waals surface area contributed by atoms with E-state index in [2.05, 4.69) is 10.3 Å². The first kappa shape index (κ1) is 11.8. The molecule has 0 bridgehead atoms. The molecule has 1 aromatic heterocycles. The Balaban J connectivity index is 1.93. The average Bonchev–Trinajstić information content (AvgIpc) is 2.70. The van der Waals surface area contributed by atoms with E-state index in [9.17, 15) is 9.59 Å². The summed E-state index contributed by atoms with van der Waals surface area (Å²) >= 11 is 1.24. The van der Waals surface area contributed by atoms with Gasteiger partial charge in [-0.2, -0.15) is 0 Å². The Bertz CT molecular complexity index is 445. The normalized spacial score (nSPS) is 20.4. The molecule has 1 aliphatic rings. The van der Waals surface area contributed by atoms with Crippen LogP contribution in [0.15, 0.2) is 5.38 Å². The second-order valence-corrected chi connectivity index (χ2v) is 4.94. The van der Waals surface area contributed by atoms with Gasteiger partial charge in [-0.05, 0) is 6.42 Å². The average molecular weight is 254 g/mol. The smallest absolute Gasteiger partial charge is 0.271 e. The van der Waals surface area contributed by atoms with Crippen LogP contribution in [0.2, 0.25) is 0 Å². The summed E-state index contributed by atoms with van der Waals surface area (Å²) in [6.07, 6.45) is 1.15. The van der Waals surface area contributed by atoms with Crippen LogP contribution in [0.5, 0.6) is 0 Å². The van der Waals surface area contributed by atoms with Crippen molar-refractivity contribution in [1.29, 1.82) is 0 Å². The van der Waals surface area contributed by atoms with E-state index >= 15 is 0 Å². The fourth-order valence-corrected chi connectivity index (χ4v) is 2.32. The maximum absolute atomic E-state index is 11.8. The standard InChI is InChI=1S/C10H14N4O2S/c1-14-4-6(2-3-8(14)15)12-9(16)7-5-17-10(11)13-7/h5-6H,2-4H2,1H3,(H2,11,13)(H,12,16). The van der Waals surface area contributed by atoms with Crippen LogP contribution < -0.4 is 11.1 Å². The van der Waals surface area contributed by atoms with Crippen molar-refractivity contribution in [2.24, 2.45) is 0 Å². The lowest BCUT2D eigenvalue weighted by Crippen LogP contribution is -2.48. The van der Waals surface area contributed by atoms with Crippen LogP contribution in [0.25, 0.3) is 0 Å². The third-order valence-electron chi connectivity index (χ3n) is 2.72. The molecule has 2 heterocycles. The topological polar surface area (TPSA) is 88.3 Å². The predicted octanol–water partition coefficient (Wildman–Crippen LogP) is 0.0759. The zero-order valence-electron chi connectivity index (χ0n) is 9.47. The minimum atomic E-state index is -0.231. The molecule has 0 radical (unpaired) electrons. The molecule has 2 rings (SSSR count). The molecule has 7 heteroatoms. The van der Waals surface area contributed by atoms with E-state index in [4.69, 9.17) is 5.73 Å². The van der Waals surface area contributed by atoms with Crippen LogP contribution in [0.3, 0.4) is 0 Å². The maximum atomic E-state index is 11.8. The van der Waals surface area contributed by atoms with E-state index in [-0.39, 0.29) is 17.9 Å². The number of nitrogens with zero attached hydrogens (tertiary/aromatic N) is 2. The molecule has 0 aliphatic carbocycles. The minimum Gasteiger partial charge on any atom is -0.375 e. The van der Waals surface area contributed by atoms with E-state index in [0.717, 1.165) is 0 Å². The van der Waals surface area contributed by atoms with Gasteiger partial charge in [-0.25, -0.2) is 4.98 Å². The van der Waals surface area contributed by atoms with E-state index in [1.165, 1.54) is 11.3 Å². The van der Waals surface area contributed by atoms with Gasteiger partial charge in [0.15, 0.2) is 5.13 Å². The Kier molecular flexibility index (Phi) is 3.28. The highest BCUT2D eigenvalue weighted by molar-refractivity contribution is 7.13. The number of rotatable bonds is 2. The molecule has 92 valence electrons. The first-order valence-corrected chi connectivity index (χ1v) is 6.20. The van der Waals surface area contributed by atoms with Crippen molar-refractivity contribution in [3.05, 3.63) is 11.1 Å². The molecule has 1 aliphatic heterocycles. The second kappa shape index (κ2) is 4.70. The summed E-state index contributed by atoms with van der Waals surface area (Å²) in [7, 11) is 1.74. The quantitative estimate of drug-likeness (QED) is 0.782. The number of piperidine rings is 1. The Morgan fingerprint density at radius 1 is 1.71 bits per heavy atom. The number of likely N-dealkylation sites (N-methyl/N-ethyl adjacent to an activating group) is 1. The molecule has 0 aromatic carbocycles. The van der Waals surface area contributed by atoms with Crippen LogP contribution >= 0.6 is 11.3 Å². The number of anilines is 1. The van der Waals surface area contributed by atoms with Crippen molar-refractivity contribution in [2.45, 2.75) is 18.9 Å². The number of nitrogens with two attached hydrogens (primary N) is 1. The monoisotopic (exact) mass is 254 g/mol. The van der Waals surface area contributed by atoms with Crippen molar-refractivity contribution in [2.75, 3.05) is 19.3 Å². The van der Waals surface area contributed by atoms with Gasteiger partial charge in [0.25, 0.3) is 5.91 Å². The molecule has 0 saturated carbocycles. The van der Waals surface area contributed by atoms with Gasteiger partial charge in [0.05, 0.1) is 0 Å². The molecule has 1 unspecified atom stereocenters. The molecule has 6 nitrogen and oxygen atoms in total.